The number of hydrogen-bond donors (Lipinski definition) is 1. The first-order chi connectivity index (χ1) is 16.1. The second-order valence-corrected chi connectivity index (χ2v) is 9.56. The van der Waals surface area contributed by atoms with Gasteiger partial charge in [-0.25, -0.2) is 0 Å². The van der Waals surface area contributed by atoms with Crippen LogP contribution in [0.25, 0.3) is 0 Å². The summed E-state index contributed by atoms with van der Waals surface area (Å²) < 4.78 is 7.25. The standard InChI is InChI=1S/C26H32N4O2S/c1-30-24(28-29-26(30)33-18-20-13-15-22(32-2)16-14-20)23(17-19-9-5-3-6-10-19)27-25(31)21-11-7-4-8-12-21/h3,5-6,9-10,13-16,21,23H,4,7-8,11-12,17-18H2,1-2H3,(H,27,31)/t23-/m0/s1. The molecule has 1 saturated carbocycles. The van der Waals surface area contributed by atoms with Crippen molar-refractivity contribution in [3.8, 4) is 5.75 Å². The molecule has 174 valence electrons. The molecule has 6 nitrogen and oxygen atoms in total. The molecular formula is C26H32N4O2S. The van der Waals surface area contributed by atoms with Crippen LogP contribution in [0, 0.1) is 5.92 Å². The molecule has 4 rings (SSSR count). The molecule has 1 N–H and O–H groups in total. The van der Waals surface area contributed by atoms with Crippen molar-refractivity contribution in [1.82, 2.24) is 20.1 Å². The van der Waals surface area contributed by atoms with E-state index in [2.05, 4.69) is 39.8 Å². The molecule has 1 aliphatic carbocycles. The van der Waals surface area contributed by atoms with E-state index in [4.69, 9.17) is 4.74 Å². The minimum atomic E-state index is -0.213. The molecule has 2 aromatic carbocycles. The summed E-state index contributed by atoms with van der Waals surface area (Å²) in [5.41, 5.74) is 2.36. The molecule has 1 amide bonds. The Morgan fingerprint density at radius 1 is 1.06 bits per heavy atom. The summed E-state index contributed by atoms with van der Waals surface area (Å²) in [5, 5.41) is 13.1. The summed E-state index contributed by atoms with van der Waals surface area (Å²) >= 11 is 1.64. The number of hydrogen-bond acceptors (Lipinski definition) is 5. The molecule has 3 aromatic rings. The Morgan fingerprint density at radius 2 is 1.79 bits per heavy atom. The second-order valence-electron chi connectivity index (χ2n) is 8.62. The van der Waals surface area contributed by atoms with Crippen LogP contribution in [0.3, 0.4) is 0 Å². The number of nitrogens with zero attached hydrogens (tertiary/aromatic N) is 3. The van der Waals surface area contributed by atoms with Crippen molar-refractivity contribution in [1.29, 1.82) is 0 Å². The predicted molar refractivity (Wildman–Crippen MR) is 131 cm³/mol. The normalized spacial score (nSPS) is 15.2. The number of amides is 1. The van der Waals surface area contributed by atoms with Gasteiger partial charge in [-0.05, 0) is 42.5 Å². The molecule has 0 aliphatic heterocycles. The Kier molecular flexibility index (Phi) is 8.05. The topological polar surface area (TPSA) is 69.0 Å². The number of ether oxygens (including phenoxy) is 1. The maximum Gasteiger partial charge on any atom is 0.223 e. The van der Waals surface area contributed by atoms with Gasteiger partial charge in [0.1, 0.15) is 5.75 Å². The summed E-state index contributed by atoms with van der Waals surface area (Å²) in [6, 6.07) is 18.1. The van der Waals surface area contributed by atoms with Crippen LogP contribution in [0.2, 0.25) is 0 Å². The Morgan fingerprint density at radius 3 is 2.48 bits per heavy atom. The molecular weight excluding hydrogens is 432 g/mol. The molecule has 1 heterocycles. The Labute approximate surface area is 200 Å². The lowest BCUT2D eigenvalue weighted by atomic mass is 9.88. The summed E-state index contributed by atoms with van der Waals surface area (Å²) in [7, 11) is 3.65. The fourth-order valence-electron chi connectivity index (χ4n) is 4.34. The van der Waals surface area contributed by atoms with Crippen LogP contribution in [0.5, 0.6) is 5.75 Å². The van der Waals surface area contributed by atoms with E-state index in [9.17, 15) is 4.79 Å². The van der Waals surface area contributed by atoms with Crippen LogP contribution in [-0.4, -0.2) is 27.8 Å². The van der Waals surface area contributed by atoms with Crippen molar-refractivity contribution in [2.24, 2.45) is 13.0 Å². The minimum Gasteiger partial charge on any atom is -0.497 e. The molecule has 1 atom stereocenters. The first-order valence-electron chi connectivity index (χ1n) is 11.6. The van der Waals surface area contributed by atoms with Crippen molar-refractivity contribution in [3.05, 3.63) is 71.5 Å². The molecule has 0 unspecified atom stereocenters. The van der Waals surface area contributed by atoms with Crippen molar-refractivity contribution in [2.45, 2.75) is 55.5 Å². The summed E-state index contributed by atoms with van der Waals surface area (Å²) in [6.07, 6.45) is 6.15. The molecule has 0 radical (unpaired) electrons. The van der Waals surface area contributed by atoms with Gasteiger partial charge >= 0.3 is 0 Å². The van der Waals surface area contributed by atoms with Crippen molar-refractivity contribution in [2.75, 3.05) is 7.11 Å². The van der Waals surface area contributed by atoms with E-state index in [0.29, 0.717) is 6.42 Å². The molecule has 33 heavy (non-hydrogen) atoms. The summed E-state index contributed by atoms with van der Waals surface area (Å²) in [5.74, 6) is 2.68. The highest BCUT2D eigenvalue weighted by molar-refractivity contribution is 7.98. The first-order valence-corrected chi connectivity index (χ1v) is 12.6. The number of carbonyl (C=O) groups is 1. The SMILES string of the molecule is COc1ccc(CSc2nnc([C@H](Cc3ccccc3)NC(=O)C3CCCCC3)n2C)cc1. The molecule has 7 heteroatoms. The minimum absolute atomic E-state index is 0.106. The van der Waals surface area contributed by atoms with Gasteiger partial charge < -0.3 is 14.6 Å². The van der Waals surface area contributed by atoms with Gasteiger partial charge in [-0.1, -0.05) is 73.5 Å². The molecule has 0 bridgehead atoms. The highest BCUT2D eigenvalue weighted by Gasteiger charge is 2.27. The molecule has 1 fully saturated rings. The van der Waals surface area contributed by atoms with Gasteiger partial charge in [-0.2, -0.15) is 0 Å². The largest absolute Gasteiger partial charge is 0.497 e. The number of rotatable bonds is 9. The third-order valence-electron chi connectivity index (χ3n) is 6.28. The van der Waals surface area contributed by atoms with E-state index in [1.54, 1.807) is 18.9 Å². The molecule has 0 spiro atoms. The van der Waals surface area contributed by atoms with Gasteiger partial charge in [0, 0.05) is 18.7 Å². The summed E-state index contributed by atoms with van der Waals surface area (Å²) in [4.78, 5) is 13.1. The predicted octanol–water partition coefficient (Wildman–Crippen LogP) is 5.10. The van der Waals surface area contributed by atoms with Crippen LogP contribution in [0.4, 0.5) is 0 Å². The van der Waals surface area contributed by atoms with Crippen LogP contribution in [-0.2, 0) is 24.0 Å². The van der Waals surface area contributed by atoms with Crippen LogP contribution in [0.1, 0.15) is 55.1 Å². The van der Waals surface area contributed by atoms with E-state index in [1.807, 2.05) is 41.9 Å². The smallest absolute Gasteiger partial charge is 0.223 e. The Balaban J connectivity index is 1.49. The van der Waals surface area contributed by atoms with Gasteiger partial charge in [0.15, 0.2) is 11.0 Å². The highest BCUT2D eigenvalue weighted by Crippen LogP contribution is 2.28. The quantitative estimate of drug-likeness (QED) is 0.447. The zero-order valence-corrected chi connectivity index (χ0v) is 20.2. The number of nitrogens with one attached hydrogen (secondary N) is 1. The van der Waals surface area contributed by atoms with E-state index in [0.717, 1.165) is 48.2 Å². The van der Waals surface area contributed by atoms with Gasteiger partial charge in [0.2, 0.25) is 5.91 Å². The number of aromatic nitrogens is 3. The van der Waals surface area contributed by atoms with E-state index in [-0.39, 0.29) is 17.9 Å². The third kappa shape index (κ3) is 6.16. The number of methoxy groups -OCH3 is 1. The lowest BCUT2D eigenvalue weighted by molar-refractivity contribution is -0.126. The number of carbonyl (C=O) groups excluding carboxylic acids is 1. The first kappa shape index (κ1) is 23.4. The lowest BCUT2D eigenvalue weighted by Gasteiger charge is -2.25. The zero-order valence-electron chi connectivity index (χ0n) is 19.4. The molecule has 1 aromatic heterocycles. The fourth-order valence-corrected chi connectivity index (χ4v) is 5.21. The van der Waals surface area contributed by atoms with E-state index >= 15 is 0 Å². The average molecular weight is 465 g/mol. The number of benzene rings is 2. The second kappa shape index (κ2) is 11.4. The van der Waals surface area contributed by atoms with Gasteiger partial charge in [0.05, 0.1) is 13.2 Å². The maximum atomic E-state index is 13.1. The average Bonchev–Trinajstić information content (AvgIpc) is 3.23. The van der Waals surface area contributed by atoms with Gasteiger partial charge in [0.25, 0.3) is 0 Å². The van der Waals surface area contributed by atoms with Crippen molar-refractivity contribution < 1.29 is 9.53 Å². The molecule has 1 aliphatic rings. The summed E-state index contributed by atoms with van der Waals surface area (Å²) in [6.45, 7) is 0. The zero-order chi connectivity index (χ0) is 23.0. The Bertz CT molecular complexity index is 1030. The highest BCUT2D eigenvalue weighted by atomic mass is 32.2. The number of thioether (sulfide) groups is 1. The van der Waals surface area contributed by atoms with E-state index in [1.165, 1.54) is 17.5 Å². The van der Waals surface area contributed by atoms with Crippen molar-refractivity contribution in [3.63, 3.8) is 0 Å². The van der Waals surface area contributed by atoms with Crippen LogP contribution >= 0.6 is 11.8 Å². The van der Waals surface area contributed by atoms with E-state index < -0.39 is 0 Å². The van der Waals surface area contributed by atoms with Gasteiger partial charge in [-0.3, -0.25) is 4.79 Å². The van der Waals surface area contributed by atoms with Crippen LogP contribution in [0.15, 0.2) is 59.8 Å². The van der Waals surface area contributed by atoms with Crippen LogP contribution < -0.4 is 10.1 Å². The Hall–Kier alpha value is -2.80. The molecule has 0 saturated heterocycles. The van der Waals surface area contributed by atoms with Crippen molar-refractivity contribution >= 4 is 17.7 Å². The lowest BCUT2D eigenvalue weighted by Crippen LogP contribution is -2.37. The monoisotopic (exact) mass is 464 g/mol. The fraction of sp³-hybridized carbons (Fsp3) is 0.423. The van der Waals surface area contributed by atoms with Gasteiger partial charge in [-0.15, -0.1) is 10.2 Å². The third-order valence-corrected chi connectivity index (χ3v) is 7.37. The maximum absolute atomic E-state index is 13.1.